The van der Waals surface area contributed by atoms with Crippen LogP contribution in [0, 0.1) is 13.8 Å². The molecule has 1 aromatic carbocycles. The number of carbonyl (C=O) groups excluding carboxylic acids is 1. The molecule has 0 saturated carbocycles. The Bertz CT molecular complexity index is 497. The lowest BCUT2D eigenvalue weighted by atomic mass is 10.0. The van der Waals surface area contributed by atoms with E-state index in [9.17, 15) is 4.79 Å². The Morgan fingerprint density at radius 2 is 1.85 bits per heavy atom. The molecular weight excluding hydrogens is 320 g/mol. The fourth-order valence-corrected chi connectivity index (χ4v) is 2.96. The Morgan fingerprint density at radius 1 is 1.20 bits per heavy atom. The van der Waals surface area contributed by atoms with Crippen molar-refractivity contribution in [2.75, 3.05) is 39.3 Å². The number of β-amino-alcohol motifs (C(OH)–C–C–N with tert-alkyl or cyclic N) is 1. The number of piperazine rings is 1. The molecule has 4 nitrogen and oxygen atoms in total. The first kappa shape index (κ1) is 15.5. The molecule has 1 heterocycles. The third-order valence-corrected chi connectivity index (χ3v) is 4.67. The Balaban J connectivity index is 2.07. The van der Waals surface area contributed by atoms with Crippen molar-refractivity contribution < 1.29 is 9.90 Å². The number of halogens is 1. The number of hydrogen-bond acceptors (Lipinski definition) is 3. The van der Waals surface area contributed by atoms with Gasteiger partial charge < -0.3 is 10.0 Å². The molecule has 2 rings (SSSR count). The van der Waals surface area contributed by atoms with Crippen molar-refractivity contribution in [3.05, 3.63) is 33.3 Å². The maximum absolute atomic E-state index is 12.6. The molecule has 0 spiro atoms. The van der Waals surface area contributed by atoms with Crippen molar-refractivity contribution in [3.8, 4) is 0 Å². The van der Waals surface area contributed by atoms with Gasteiger partial charge in [0.05, 0.1) is 6.61 Å². The third kappa shape index (κ3) is 3.40. The van der Waals surface area contributed by atoms with Crippen LogP contribution < -0.4 is 0 Å². The molecule has 1 amide bonds. The van der Waals surface area contributed by atoms with Crippen molar-refractivity contribution in [3.63, 3.8) is 0 Å². The second-order valence-corrected chi connectivity index (χ2v) is 6.13. The smallest absolute Gasteiger partial charge is 0.254 e. The SMILES string of the molecule is Cc1cc(C(=O)N2CCN(CCO)CC2)c(C)cc1Br. The van der Waals surface area contributed by atoms with E-state index in [4.69, 9.17) is 5.11 Å². The Kier molecular flexibility index (Phi) is 5.18. The highest BCUT2D eigenvalue weighted by Gasteiger charge is 2.23. The Labute approximate surface area is 128 Å². The highest BCUT2D eigenvalue weighted by Crippen LogP contribution is 2.22. The van der Waals surface area contributed by atoms with Gasteiger partial charge in [0.1, 0.15) is 0 Å². The largest absolute Gasteiger partial charge is 0.395 e. The van der Waals surface area contributed by atoms with Gasteiger partial charge in [0, 0.05) is 42.8 Å². The fourth-order valence-electron chi connectivity index (χ4n) is 2.50. The van der Waals surface area contributed by atoms with Crippen LogP contribution in [0.5, 0.6) is 0 Å². The fraction of sp³-hybridized carbons (Fsp3) is 0.533. The van der Waals surface area contributed by atoms with Gasteiger partial charge in [-0.2, -0.15) is 0 Å². The van der Waals surface area contributed by atoms with E-state index in [1.54, 1.807) is 0 Å². The van der Waals surface area contributed by atoms with E-state index in [-0.39, 0.29) is 12.5 Å². The van der Waals surface area contributed by atoms with Crippen LogP contribution in [0.3, 0.4) is 0 Å². The van der Waals surface area contributed by atoms with Crippen LogP contribution in [0.2, 0.25) is 0 Å². The van der Waals surface area contributed by atoms with E-state index in [2.05, 4.69) is 20.8 Å². The van der Waals surface area contributed by atoms with E-state index in [1.807, 2.05) is 30.9 Å². The highest BCUT2D eigenvalue weighted by molar-refractivity contribution is 9.10. The van der Waals surface area contributed by atoms with Crippen LogP contribution in [0.15, 0.2) is 16.6 Å². The number of aliphatic hydroxyl groups excluding tert-OH is 1. The van der Waals surface area contributed by atoms with Gasteiger partial charge in [-0.1, -0.05) is 15.9 Å². The van der Waals surface area contributed by atoms with Gasteiger partial charge in [-0.25, -0.2) is 0 Å². The number of aliphatic hydroxyl groups is 1. The molecule has 0 aliphatic carbocycles. The summed E-state index contributed by atoms with van der Waals surface area (Å²) in [6.07, 6.45) is 0. The van der Waals surface area contributed by atoms with Gasteiger partial charge in [-0.15, -0.1) is 0 Å². The van der Waals surface area contributed by atoms with Crippen LogP contribution >= 0.6 is 15.9 Å². The van der Waals surface area contributed by atoms with Gasteiger partial charge in [0.25, 0.3) is 5.91 Å². The number of aryl methyl sites for hydroxylation is 2. The molecule has 0 atom stereocenters. The van der Waals surface area contributed by atoms with E-state index < -0.39 is 0 Å². The Hall–Kier alpha value is -0.910. The van der Waals surface area contributed by atoms with Crippen LogP contribution in [0.25, 0.3) is 0 Å². The molecule has 1 aliphatic rings. The number of hydrogen-bond donors (Lipinski definition) is 1. The summed E-state index contributed by atoms with van der Waals surface area (Å²) < 4.78 is 1.04. The summed E-state index contributed by atoms with van der Waals surface area (Å²) in [4.78, 5) is 16.7. The minimum Gasteiger partial charge on any atom is -0.395 e. The first-order valence-electron chi connectivity index (χ1n) is 6.92. The van der Waals surface area contributed by atoms with Gasteiger partial charge in [0.2, 0.25) is 0 Å². The average Bonchev–Trinajstić information content (AvgIpc) is 2.43. The number of rotatable bonds is 3. The zero-order valence-corrected chi connectivity index (χ0v) is 13.6. The number of nitrogens with zero attached hydrogens (tertiary/aromatic N) is 2. The average molecular weight is 341 g/mol. The summed E-state index contributed by atoms with van der Waals surface area (Å²) in [6, 6.07) is 3.96. The Morgan fingerprint density at radius 3 is 2.45 bits per heavy atom. The van der Waals surface area contributed by atoms with Crippen molar-refractivity contribution in [1.29, 1.82) is 0 Å². The molecule has 1 N–H and O–H groups in total. The van der Waals surface area contributed by atoms with Crippen molar-refractivity contribution >= 4 is 21.8 Å². The molecule has 5 heteroatoms. The maximum atomic E-state index is 12.6. The molecule has 1 aromatic rings. The minimum atomic E-state index is 0.113. The molecule has 1 aliphatic heterocycles. The third-order valence-electron chi connectivity index (χ3n) is 3.81. The predicted octanol–water partition coefficient (Wildman–Crippen LogP) is 1.82. The lowest BCUT2D eigenvalue weighted by molar-refractivity contribution is 0.0614. The van der Waals surface area contributed by atoms with E-state index in [1.165, 1.54) is 0 Å². The molecule has 1 fully saturated rings. The quantitative estimate of drug-likeness (QED) is 0.912. The lowest BCUT2D eigenvalue weighted by Crippen LogP contribution is -2.49. The van der Waals surface area contributed by atoms with Gasteiger partial charge >= 0.3 is 0 Å². The second kappa shape index (κ2) is 6.70. The van der Waals surface area contributed by atoms with E-state index >= 15 is 0 Å². The predicted molar refractivity (Wildman–Crippen MR) is 83.0 cm³/mol. The number of carbonyl (C=O) groups is 1. The van der Waals surface area contributed by atoms with Crippen molar-refractivity contribution in [2.45, 2.75) is 13.8 Å². The molecule has 0 bridgehead atoms. The molecule has 0 radical (unpaired) electrons. The van der Waals surface area contributed by atoms with Gasteiger partial charge in [-0.05, 0) is 37.1 Å². The van der Waals surface area contributed by atoms with Crippen LogP contribution in [0.1, 0.15) is 21.5 Å². The van der Waals surface area contributed by atoms with Gasteiger partial charge in [0.15, 0.2) is 0 Å². The monoisotopic (exact) mass is 340 g/mol. The molecule has 110 valence electrons. The van der Waals surface area contributed by atoms with Crippen LogP contribution in [-0.2, 0) is 0 Å². The maximum Gasteiger partial charge on any atom is 0.254 e. The summed E-state index contributed by atoms with van der Waals surface area (Å²) in [5, 5.41) is 8.94. The summed E-state index contributed by atoms with van der Waals surface area (Å²) in [7, 11) is 0. The van der Waals surface area contributed by atoms with Crippen molar-refractivity contribution in [1.82, 2.24) is 9.80 Å². The second-order valence-electron chi connectivity index (χ2n) is 5.27. The van der Waals surface area contributed by atoms with Crippen LogP contribution in [-0.4, -0.2) is 60.1 Å². The topological polar surface area (TPSA) is 43.8 Å². The zero-order valence-electron chi connectivity index (χ0n) is 12.0. The summed E-state index contributed by atoms with van der Waals surface area (Å²) >= 11 is 3.50. The normalized spacial score (nSPS) is 16.5. The first-order valence-corrected chi connectivity index (χ1v) is 7.71. The van der Waals surface area contributed by atoms with Gasteiger partial charge in [-0.3, -0.25) is 9.69 Å². The van der Waals surface area contributed by atoms with Crippen molar-refractivity contribution in [2.24, 2.45) is 0 Å². The minimum absolute atomic E-state index is 0.113. The standard InChI is InChI=1S/C15H21BrN2O2/c1-11-10-14(16)12(2)9-13(11)15(20)18-5-3-17(4-6-18)7-8-19/h9-10,19H,3-8H2,1-2H3. The summed E-state index contributed by atoms with van der Waals surface area (Å²) in [6.45, 7) is 7.97. The number of amides is 1. The molecule has 20 heavy (non-hydrogen) atoms. The zero-order chi connectivity index (χ0) is 14.7. The summed E-state index contributed by atoms with van der Waals surface area (Å²) in [5.41, 5.74) is 2.88. The lowest BCUT2D eigenvalue weighted by Gasteiger charge is -2.34. The van der Waals surface area contributed by atoms with E-state index in [0.717, 1.165) is 47.3 Å². The molecule has 0 aromatic heterocycles. The first-order chi connectivity index (χ1) is 9.52. The number of benzene rings is 1. The van der Waals surface area contributed by atoms with Crippen LogP contribution in [0.4, 0.5) is 0 Å². The van der Waals surface area contributed by atoms with E-state index in [0.29, 0.717) is 6.54 Å². The molecular formula is C15H21BrN2O2. The summed E-state index contributed by atoms with van der Waals surface area (Å²) in [5.74, 6) is 0.113. The highest BCUT2D eigenvalue weighted by atomic mass is 79.9. The molecule has 0 unspecified atom stereocenters. The molecule has 1 saturated heterocycles.